The molecule has 5 heteroatoms. The molecule has 2 rings (SSSR count). The minimum Gasteiger partial charge on any atom is -0.486 e. The van der Waals surface area contributed by atoms with Crippen molar-refractivity contribution in [2.75, 3.05) is 11.9 Å². The van der Waals surface area contributed by atoms with Gasteiger partial charge in [0.25, 0.3) is 5.69 Å². The molecule has 104 valence electrons. The van der Waals surface area contributed by atoms with Crippen molar-refractivity contribution in [1.29, 1.82) is 0 Å². The van der Waals surface area contributed by atoms with Crippen LogP contribution >= 0.6 is 0 Å². The van der Waals surface area contributed by atoms with Crippen molar-refractivity contribution in [3.63, 3.8) is 0 Å². The summed E-state index contributed by atoms with van der Waals surface area (Å²) >= 11 is 0. The van der Waals surface area contributed by atoms with E-state index in [9.17, 15) is 10.1 Å². The van der Waals surface area contributed by atoms with Gasteiger partial charge < -0.3 is 10.1 Å². The smallest absolute Gasteiger partial charge is 0.271 e. The summed E-state index contributed by atoms with van der Waals surface area (Å²) in [5, 5.41) is 13.9. The fraction of sp³-hybridized carbons (Fsp3) is 0.571. The first kappa shape index (κ1) is 13.6. The predicted octanol–water partition coefficient (Wildman–Crippen LogP) is 3.74. The quantitative estimate of drug-likeness (QED) is 0.483. The lowest BCUT2D eigenvalue weighted by molar-refractivity contribution is -0.384. The van der Waals surface area contributed by atoms with Crippen LogP contribution < -0.4 is 10.1 Å². The maximum absolute atomic E-state index is 10.7. The number of non-ortho nitro benzene ring substituents is 1. The molecule has 19 heavy (non-hydrogen) atoms. The Morgan fingerprint density at radius 2 is 2.26 bits per heavy atom. The minimum atomic E-state index is -0.390. The maximum Gasteiger partial charge on any atom is 0.271 e. The Morgan fingerprint density at radius 1 is 1.42 bits per heavy atom. The van der Waals surface area contributed by atoms with Crippen molar-refractivity contribution in [2.24, 2.45) is 0 Å². The van der Waals surface area contributed by atoms with Gasteiger partial charge in [0, 0.05) is 12.1 Å². The molecule has 1 unspecified atom stereocenters. The SMILES string of the molecule is CCCCCCC1CNc2cc([N+](=O)[O-])ccc2O1. The number of hydrogen-bond donors (Lipinski definition) is 1. The number of nitrogens with one attached hydrogen (secondary N) is 1. The fourth-order valence-corrected chi connectivity index (χ4v) is 2.28. The number of rotatable bonds is 6. The second-order valence-corrected chi connectivity index (χ2v) is 4.91. The Kier molecular flexibility index (Phi) is 4.60. The molecular formula is C14H20N2O3. The van der Waals surface area contributed by atoms with E-state index in [4.69, 9.17) is 4.74 Å². The third kappa shape index (κ3) is 3.59. The van der Waals surface area contributed by atoms with Crippen molar-refractivity contribution in [2.45, 2.75) is 45.1 Å². The van der Waals surface area contributed by atoms with Crippen molar-refractivity contribution < 1.29 is 9.66 Å². The lowest BCUT2D eigenvalue weighted by atomic mass is 10.1. The number of benzene rings is 1. The molecule has 1 atom stereocenters. The standard InChI is InChI=1S/C14H20N2O3/c1-2-3-4-5-6-12-10-15-13-9-11(16(17)18)7-8-14(13)19-12/h7-9,12,15H,2-6,10H2,1H3. The molecule has 0 fully saturated rings. The molecule has 0 amide bonds. The fourth-order valence-electron chi connectivity index (χ4n) is 2.28. The molecule has 5 nitrogen and oxygen atoms in total. The van der Waals surface area contributed by atoms with Crippen LogP contribution in [-0.4, -0.2) is 17.6 Å². The zero-order valence-electron chi connectivity index (χ0n) is 11.2. The highest BCUT2D eigenvalue weighted by Gasteiger charge is 2.21. The molecule has 0 radical (unpaired) electrons. The lowest BCUT2D eigenvalue weighted by Gasteiger charge is -2.27. The minimum absolute atomic E-state index is 0.0937. The summed E-state index contributed by atoms with van der Waals surface area (Å²) in [5.74, 6) is 0.720. The molecule has 1 heterocycles. The van der Waals surface area contributed by atoms with Crippen molar-refractivity contribution >= 4 is 11.4 Å². The number of nitro groups is 1. The molecule has 0 saturated carbocycles. The summed E-state index contributed by atoms with van der Waals surface area (Å²) in [6.07, 6.45) is 6.11. The van der Waals surface area contributed by atoms with E-state index in [1.54, 1.807) is 6.07 Å². The van der Waals surface area contributed by atoms with Crippen LogP contribution in [0, 0.1) is 10.1 Å². The van der Waals surface area contributed by atoms with Crippen LogP contribution in [0.3, 0.4) is 0 Å². The van der Waals surface area contributed by atoms with Crippen LogP contribution in [0.5, 0.6) is 5.75 Å². The summed E-state index contributed by atoms with van der Waals surface area (Å²) in [4.78, 5) is 10.3. The number of anilines is 1. The number of hydrogen-bond acceptors (Lipinski definition) is 4. The van der Waals surface area contributed by atoms with Crippen LogP contribution in [0.4, 0.5) is 11.4 Å². The summed E-state index contributed by atoms with van der Waals surface area (Å²) < 4.78 is 5.86. The van der Waals surface area contributed by atoms with Gasteiger partial charge in [-0.25, -0.2) is 0 Å². The summed E-state index contributed by atoms with van der Waals surface area (Å²) in [5.41, 5.74) is 0.815. The van der Waals surface area contributed by atoms with Gasteiger partial charge >= 0.3 is 0 Å². The van der Waals surface area contributed by atoms with Gasteiger partial charge in [-0.05, 0) is 18.9 Å². The van der Waals surface area contributed by atoms with E-state index in [0.29, 0.717) is 0 Å². The Bertz CT molecular complexity index is 448. The second-order valence-electron chi connectivity index (χ2n) is 4.91. The van der Waals surface area contributed by atoms with Crippen molar-refractivity contribution in [3.05, 3.63) is 28.3 Å². The molecule has 0 bridgehead atoms. The second kappa shape index (κ2) is 6.41. The number of nitrogens with zero attached hydrogens (tertiary/aromatic N) is 1. The van der Waals surface area contributed by atoms with E-state index < -0.39 is 4.92 Å². The van der Waals surface area contributed by atoms with E-state index in [1.165, 1.54) is 37.8 Å². The number of nitro benzene ring substituents is 1. The van der Waals surface area contributed by atoms with Gasteiger partial charge in [0.15, 0.2) is 0 Å². The van der Waals surface area contributed by atoms with E-state index in [0.717, 1.165) is 24.4 Å². The van der Waals surface area contributed by atoms with Crippen LogP contribution in [0.2, 0.25) is 0 Å². The first-order valence-corrected chi connectivity index (χ1v) is 6.89. The van der Waals surface area contributed by atoms with Crippen LogP contribution in [-0.2, 0) is 0 Å². The van der Waals surface area contributed by atoms with Crippen molar-refractivity contribution in [3.8, 4) is 5.75 Å². The Hall–Kier alpha value is -1.78. The molecule has 0 aliphatic carbocycles. The summed E-state index contributed by atoms with van der Waals surface area (Å²) in [7, 11) is 0. The largest absolute Gasteiger partial charge is 0.486 e. The topological polar surface area (TPSA) is 64.4 Å². The highest BCUT2D eigenvalue weighted by atomic mass is 16.6. The molecule has 1 aromatic rings. The van der Waals surface area contributed by atoms with Gasteiger partial charge in [0.05, 0.1) is 17.2 Å². The Labute approximate surface area is 113 Å². The normalized spacial score (nSPS) is 17.2. The van der Waals surface area contributed by atoms with Gasteiger partial charge in [-0.1, -0.05) is 26.2 Å². The molecule has 0 spiro atoms. The first-order chi connectivity index (χ1) is 9.20. The van der Waals surface area contributed by atoms with Crippen LogP contribution in [0.15, 0.2) is 18.2 Å². The van der Waals surface area contributed by atoms with Crippen LogP contribution in [0.1, 0.15) is 39.0 Å². The Balaban J connectivity index is 1.91. The average molecular weight is 264 g/mol. The highest BCUT2D eigenvalue weighted by molar-refractivity contribution is 5.62. The van der Waals surface area contributed by atoms with Crippen LogP contribution in [0.25, 0.3) is 0 Å². The van der Waals surface area contributed by atoms with Gasteiger partial charge in [0.2, 0.25) is 0 Å². The number of fused-ring (bicyclic) bond motifs is 1. The van der Waals surface area contributed by atoms with Gasteiger partial charge in [-0.15, -0.1) is 0 Å². The molecule has 1 N–H and O–H groups in total. The summed E-state index contributed by atoms with van der Waals surface area (Å²) in [6.45, 7) is 2.92. The number of unbranched alkanes of at least 4 members (excludes halogenated alkanes) is 3. The predicted molar refractivity (Wildman–Crippen MR) is 74.8 cm³/mol. The maximum atomic E-state index is 10.7. The third-order valence-corrected chi connectivity index (χ3v) is 3.37. The van der Waals surface area contributed by atoms with Crippen molar-refractivity contribution in [1.82, 2.24) is 0 Å². The van der Waals surface area contributed by atoms with E-state index in [2.05, 4.69) is 12.2 Å². The molecule has 1 aromatic carbocycles. The molecule has 0 saturated heterocycles. The number of ether oxygens (including phenoxy) is 1. The first-order valence-electron chi connectivity index (χ1n) is 6.89. The summed E-state index contributed by atoms with van der Waals surface area (Å²) in [6, 6.07) is 4.70. The van der Waals surface area contributed by atoms with E-state index in [-0.39, 0.29) is 11.8 Å². The highest BCUT2D eigenvalue weighted by Crippen LogP contribution is 2.33. The van der Waals surface area contributed by atoms with Gasteiger partial charge in [-0.2, -0.15) is 0 Å². The van der Waals surface area contributed by atoms with E-state index >= 15 is 0 Å². The lowest BCUT2D eigenvalue weighted by Crippen LogP contribution is -2.30. The molecule has 0 aromatic heterocycles. The van der Waals surface area contributed by atoms with Gasteiger partial charge in [-0.3, -0.25) is 10.1 Å². The monoisotopic (exact) mass is 264 g/mol. The molecular weight excluding hydrogens is 244 g/mol. The third-order valence-electron chi connectivity index (χ3n) is 3.37. The molecule has 1 aliphatic heterocycles. The van der Waals surface area contributed by atoms with Gasteiger partial charge in [0.1, 0.15) is 11.9 Å². The zero-order valence-corrected chi connectivity index (χ0v) is 11.2. The Morgan fingerprint density at radius 3 is 3.00 bits per heavy atom. The van der Waals surface area contributed by atoms with E-state index in [1.807, 2.05) is 0 Å². The zero-order chi connectivity index (χ0) is 13.7. The molecule has 1 aliphatic rings. The average Bonchev–Trinajstić information content (AvgIpc) is 2.43.